The Kier molecular flexibility index (Phi) is 1.86. The summed E-state index contributed by atoms with van der Waals surface area (Å²) in [6, 6.07) is 8.23. The molecule has 0 saturated heterocycles. The summed E-state index contributed by atoms with van der Waals surface area (Å²) in [6.07, 6.45) is 2.01. The lowest BCUT2D eigenvalue weighted by atomic mass is 10.0. The van der Waals surface area contributed by atoms with Gasteiger partial charge in [0.15, 0.2) is 0 Å². The van der Waals surface area contributed by atoms with E-state index in [1.165, 1.54) is 5.39 Å². The molecule has 16 heavy (non-hydrogen) atoms. The zero-order chi connectivity index (χ0) is 11.1. The Morgan fingerprint density at radius 1 is 1.19 bits per heavy atom. The van der Waals surface area contributed by atoms with Crippen molar-refractivity contribution in [2.24, 2.45) is 0 Å². The summed E-state index contributed by atoms with van der Waals surface area (Å²) in [7, 11) is 0. The molecule has 0 aliphatic heterocycles. The van der Waals surface area contributed by atoms with Crippen LogP contribution in [0.1, 0.15) is 11.5 Å². The van der Waals surface area contributed by atoms with Crippen LogP contribution in [0.5, 0.6) is 0 Å². The first-order valence-corrected chi connectivity index (χ1v) is 5.27. The van der Waals surface area contributed by atoms with E-state index in [1.807, 2.05) is 32.2 Å². The van der Waals surface area contributed by atoms with Gasteiger partial charge in [0.1, 0.15) is 5.76 Å². The molecule has 0 bridgehead atoms. The number of benzene rings is 1. The molecular formula is C13H12N2O. The maximum Gasteiger partial charge on any atom is 0.141 e. The Morgan fingerprint density at radius 3 is 2.75 bits per heavy atom. The Hall–Kier alpha value is -2.03. The fraction of sp³-hybridized carbons (Fsp3) is 0.154. The molecule has 0 unspecified atom stereocenters. The predicted octanol–water partition coefficient (Wildman–Crippen LogP) is 3.44. The van der Waals surface area contributed by atoms with Gasteiger partial charge in [0.25, 0.3) is 0 Å². The molecule has 0 aliphatic rings. The van der Waals surface area contributed by atoms with Gasteiger partial charge in [0, 0.05) is 28.2 Å². The molecular weight excluding hydrogens is 200 g/mol. The number of hydrogen-bond donors (Lipinski definition) is 1. The van der Waals surface area contributed by atoms with E-state index in [9.17, 15) is 0 Å². The third-order valence-corrected chi connectivity index (χ3v) is 2.89. The number of aryl methyl sites for hydroxylation is 2. The number of aromatic nitrogens is 2. The van der Waals surface area contributed by atoms with Crippen molar-refractivity contribution in [3.05, 3.63) is 41.9 Å². The molecule has 1 aromatic carbocycles. The van der Waals surface area contributed by atoms with Gasteiger partial charge >= 0.3 is 0 Å². The molecule has 3 rings (SSSR count). The lowest BCUT2D eigenvalue weighted by molar-refractivity contribution is 0.393. The van der Waals surface area contributed by atoms with Crippen LogP contribution < -0.4 is 0 Å². The van der Waals surface area contributed by atoms with Crippen molar-refractivity contribution in [3.63, 3.8) is 0 Å². The van der Waals surface area contributed by atoms with Gasteiger partial charge in [0.05, 0.1) is 5.69 Å². The molecule has 3 aromatic rings. The van der Waals surface area contributed by atoms with Crippen LogP contribution in [0, 0.1) is 13.8 Å². The highest BCUT2D eigenvalue weighted by atomic mass is 16.5. The summed E-state index contributed by atoms with van der Waals surface area (Å²) in [5.41, 5.74) is 4.32. The molecule has 0 amide bonds. The first-order valence-electron chi connectivity index (χ1n) is 5.27. The van der Waals surface area contributed by atoms with Crippen molar-refractivity contribution < 1.29 is 4.52 Å². The van der Waals surface area contributed by atoms with Crippen LogP contribution in [0.25, 0.3) is 22.0 Å². The second kappa shape index (κ2) is 3.23. The number of para-hydroxylation sites is 1. The molecule has 1 N–H and O–H groups in total. The fourth-order valence-electron chi connectivity index (χ4n) is 2.15. The van der Waals surface area contributed by atoms with Crippen LogP contribution in [0.4, 0.5) is 0 Å². The molecule has 0 saturated carbocycles. The van der Waals surface area contributed by atoms with Gasteiger partial charge in [-0.3, -0.25) is 0 Å². The molecule has 3 heteroatoms. The molecule has 0 fully saturated rings. The molecule has 3 nitrogen and oxygen atoms in total. The van der Waals surface area contributed by atoms with Crippen LogP contribution in [0.15, 0.2) is 35.0 Å². The number of aromatic amines is 1. The number of nitrogens with one attached hydrogen (secondary N) is 1. The summed E-state index contributed by atoms with van der Waals surface area (Å²) in [4.78, 5) is 3.26. The fourth-order valence-corrected chi connectivity index (χ4v) is 2.15. The number of nitrogens with zero attached hydrogens (tertiary/aromatic N) is 1. The predicted molar refractivity (Wildman–Crippen MR) is 63.3 cm³/mol. The quantitative estimate of drug-likeness (QED) is 0.671. The average molecular weight is 212 g/mol. The van der Waals surface area contributed by atoms with Gasteiger partial charge < -0.3 is 9.51 Å². The van der Waals surface area contributed by atoms with Gasteiger partial charge in [-0.15, -0.1) is 0 Å². The normalized spacial score (nSPS) is 11.1. The third-order valence-electron chi connectivity index (χ3n) is 2.89. The number of fused-ring (bicyclic) bond motifs is 1. The van der Waals surface area contributed by atoms with Crippen molar-refractivity contribution in [3.8, 4) is 11.1 Å². The number of hydrogen-bond acceptors (Lipinski definition) is 2. The highest BCUT2D eigenvalue weighted by molar-refractivity contribution is 5.96. The average Bonchev–Trinajstić information content (AvgIpc) is 2.83. The lowest BCUT2D eigenvalue weighted by Gasteiger charge is -1.97. The van der Waals surface area contributed by atoms with Crippen molar-refractivity contribution in [1.29, 1.82) is 0 Å². The van der Waals surface area contributed by atoms with E-state index >= 15 is 0 Å². The lowest BCUT2D eigenvalue weighted by Crippen LogP contribution is -1.79. The highest BCUT2D eigenvalue weighted by Crippen LogP contribution is 2.32. The minimum Gasteiger partial charge on any atom is -0.361 e. The van der Waals surface area contributed by atoms with Crippen molar-refractivity contribution in [1.82, 2.24) is 10.1 Å². The van der Waals surface area contributed by atoms with E-state index in [0.29, 0.717) is 0 Å². The summed E-state index contributed by atoms with van der Waals surface area (Å²) in [5.74, 6) is 0.863. The Bertz CT molecular complexity index is 629. The van der Waals surface area contributed by atoms with E-state index in [-0.39, 0.29) is 0 Å². The topological polar surface area (TPSA) is 41.8 Å². The van der Waals surface area contributed by atoms with Crippen LogP contribution in [-0.4, -0.2) is 10.1 Å². The maximum absolute atomic E-state index is 5.20. The Labute approximate surface area is 93.1 Å². The van der Waals surface area contributed by atoms with Crippen LogP contribution in [0.2, 0.25) is 0 Å². The molecule has 0 atom stereocenters. The first-order chi connectivity index (χ1) is 7.77. The van der Waals surface area contributed by atoms with Gasteiger partial charge in [0.2, 0.25) is 0 Å². The minimum atomic E-state index is 0.863. The monoisotopic (exact) mass is 212 g/mol. The Morgan fingerprint density at radius 2 is 2.00 bits per heavy atom. The van der Waals surface area contributed by atoms with Gasteiger partial charge in [-0.2, -0.15) is 0 Å². The smallest absolute Gasteiger partial charge is 0.141 e. The van der Waals surface area contributed by atoms with Crippen LogP contribution in [0.3, 0.4) is 0 Å². The van der Waals surface area contributed by atoms with Crippen LogP contribution >= 0.6 is 0 Å². The Balaban J connectivity index is 2.35. The first kappa shape index (κ1) is 9.21. The van der Waals surface area contributed by atoms with E-state index in [4.69, 9.17) is 4.52 Å². The molecule has 2 aromatic heterocycles. The van der Waals surface area contributed by atoms with Crippen molar-refractivity contribution in [2.75, 3.05) is 0 Å². The molecule has 0 spiro atoms. The van der Waals surface area contributed by atoms with Gasteiger partial charge in [-0.05, 0) is 19.9 Å². The second-order valence-corrected chi connectivity index (χ2v) is 3.95. The molecule has 0 radical (unpaired) electrons. The highest BCUT2D eigenvalue weighted by Gasteiger charge is 2.14. The van der Waals surface area contributed by atoms with Crippen molar-refractivity contribution >= 4 is 10.9 Å². The summed E-state index contributed by atoms with van der Waals surface area (Å²) in [5, 5.41) is 5.20. The number of rotatable bonds is 1. The molecule has 80 valence electrons. The summed E-state index contributed by atoms with van der Waals surface area (Å²) >= 11 is 0. The second-order valence-electron chi connectivity index (χ2n) is 3.95. The third kappa shape index (κ3) is 1.18. The van der Waals surface area contributed by atoms with Gasteiger partial charge in [-0.1, -0.05) is 23.4 Å². The number of H-pyrrole nitrogens is 1. The maximum atomic E-state index is 5.20. The van der Waals surface area contributed by atoms with Crippen LogP contribution in [-0.2, 0) is 0 Å². The van der Waals surface area contributed by atoms with E-state index in [1.54, 1.807) is 0 Å². The zero-order valence-electron chi connectivity index (χ0n) is 9.24. The molecule has 0 aliphatic carbocycles. The van der Waals surface area contributed by atoms with E-state index < -0.39 is 0 Å². The van der Waals surface area contributed by atoms with Crippen molar-refractivity contribution in [2.45, 2.75) is 13.8 Å². The van der Waals surface area contributed by atoms with E-state index in [2.05, 4.69) is 22.3 Å². The molecule has 2 heterocycles. The summed E-state index contributed by atoms with van der Waals surface area (Å²) < 4.78 is 5.20. The largest absolute Gasteiger partial charge is 0.361 e. The van der Waals surface area contributed by atoms with E-state index in [0.717, 1.165) is 28.1 Å². The SMILES string of the molecule is Cc1noc(C)c1-c1c[nH]c2ccccc12. The standard InChI is InChI=1S/C13H12N2O/c1-8-13(9(2)16-15-8)11-7-14-12-6-4-3-5-10(11)12/h3-7,14H,1-2H3. The minimum absolute atomic E-state index is 0.863. The summed E-state index contributed by atoms with van der Waals surface area (Å²) in [6.45, 7) is 3.91. The van der Waals surface area contributed by atoms with Gasteiger partial charge in [-0.25, -0.2) is 0 Å². The zero-order valence-corrected chi connectivity index (χ0v) is 9.24.